The van der Waals surface area contributed by atoms with E-state index in [2.05, 4.69) is 10.6 Å². The van der Waals surface area contributed by atoms with Crippen molar-refractivity contribution in [1.82, 2.24) is 10.6 Å². The first-order valence-electron chi connectivity index (χ1n) is 4.50. The molecule has 0 bridgehead atoms. The van der Waals surface area contributed by atoms with Gasteiger partial charge in [-0.15, -0.1) is 0 Å². The molecule has 82 valence electrons. The van der Waals surface area contributed by atoms with Gasteiger partial charge in [0.2, 0.25) is 11.8 Å². The van der Waals surface area contributed by atoms with E-state index in [1.54, 1.807) is 0 Å². The van der Waals surface area contributed by atoms with Crippen molar-refractivity contribution in [3.05, 3.63) is 0 Å². The Labute approximate surface area is 83.2 Å². The van der Waals surface area contributed by atoms with E-state index >= 15 is 0 Å². The molecule has 0 aromatic heterocycles. The Morgan fingerprint density at radius 1 is 1.43 bits per heavy atom. The Kier molecular flexibility index (Phi) is 7.77. The molecule has 0 fully saturated rings. The molecule has 6 heteroatoms. The van der Waals surface area contributed by atoms with E-state index in [9.17, 15) is 9.59 Å². The lowest BCUT2D eigenvalue weighted by Crippen LogP contribution is -2.35. The number of nitrogens with two attached hydrogens (primary N) is 1. The molecule has 4 N–H and O–H groups in total. The molecule has 0 aliphatic rings. The standard InChI is InChI=1S/C8H17N3O3/c1-2-10-5-8(13)11-3-4-14-6-7(9)12/h10H,2-6H2,1H3,(H2,9,12)(H,11,13). The Bertz CT molecular complexity index is 185. The third-order valence-corrected chi connectivity index (χ3v) is 1.35. The maximum absolute atomic E-state index is 11.0. The summed E-state index contributed by atoms with van der Waals surface area (Å²) in [5.41, 5.74) is 4.84. The fourth-order valence-corrected chi connectivity index (χ4v) is 0.736. The monoisotopic (exact) mass is 203 g/mol. The van der Waals surface area contributed by atoms with Crippen molar-refractivity contribution in [2.45, 2.75) is 6.92 Å². The van der Waals surface area contributed by atoms with Gasteiger partial charge in [0, 0.05) is 6.54 Å². The zero-order valence-electron chi connectivity index (χ0n) is 8.34. The van der Waals surface area contributed by atoms with Crippen LogP contribution in [-0.4, -0.2) is 44.7 Å². The van der Waals surface area contributed by atoms with Gasteiger partial charge in [-0.1, -0.05) is 6.92 Å². The van der Waals surface area contributed by atoms with Gasteiger partial charge < -0.3 is 21.1 Å². The van der Waals surface area contributed by atoms with Crippen LogP contribution in [0.5, 0.6) is 0 Å². The van der Waals surface area contributed by atoms with E-state index in [0.717, 1.165) is 6.54 Å². The molecular formula is C8H17N3O3. The first kappa shape index (κ1) is 12.9. The van der Waals surface area contributed by atoms with E-state index in [1.807, 2.05) is 6.92 Å². The molecule has 0 radical (unpaired) electrons. The van der Waals surface area contributed by atoms with Crippen molar-refractivity contribution in [1.29, 1.82) is 0 Å². The Balaban J connectivity index is 3.19. The zero-order valence-corrected chi connectivity index (χ0v) is 8.34. The highest BCUT2D eigenvalue weighted by Crippen LogP contribution is 1.72. The molecule has 2 amide bonds. The van der Waals surface area contributed by atoms with E-state index in [-0.39, 0.29) is 12.5 Å². The van der Waals surface area contributed by atoms with E-state index in [0.29, 0.717) is 19.7 Å². The first-order chi connectivity index (χ1) is 6.66. The van der Waals surface area contributed by atoms with Gasteiger partial charge in [-0.2, -0.15) is 0 Å². The molecular weight excluding hydrogens is 186 g/mol. The van der Waals surface area contributed by atoms with Crippen molar-refractivity contribution >= 4 is 11.8 Å². The van der Waals surface area contributed by atoms with Crippen LogP contribution in [0, 0.1) is 0 Å². The maximum Gasteiger partial charge on any atom is 0.243 e. The van der Waals surface area contributed by atoms with Gasteiger partial charge in [0.1, 0.15) is 6.61 Å². The molecule has 0 heterocycles. The van der Waals surface area contributed by atoms with Crippen LogP contribution < -0.4 is 16.4 Å². The molecule has 0 atom stereocenters. The molecule has 0 aliphatic heterocycles. The average Bonchev–Trinajstić information content (AvgIpc) is 2.13. The fraction of sp³-hybridized carbons (Fsp3) is 0.750. The van der Waals surface area contributed by atoms with E-state index in [4.69, 9.17) is 10.5 Å². The number of rotatable bonds is 8. The van der Waals surface area contributed by atoms with Gasteiger partial charge in [0.25, 0.3) is 0 Å². The maximum atomic E-state index is 11.0. The lowest BCUT2D eigenvalue weighted by atomic mass is 10.5. The van der Waals surface area contributed by atoms with Gasteiger partial charge in [0.15, 0.2) is 0 Å². The number of carbonyl (C=O) groups is 2. The predicted octanol–water partition coefficient (Wildman–Crippen LogP) is -1.79. The largest absolute Gasteiger partial charge is 0.370 e. The first-order valence-corrected chi connectivity index (χ1v) is 4.50. The minimum absolute atomic E-state index is 0.0884. The van der Waals surface area contributed by atoms with Crippen LogP contribution in [0.2, 0.25) is 0 Å². The van der Waals surface area contributed by atoms with Gasteiger partial charge in [-0.05, 0) is 6.54 Å². The van der Waals surface area contributed by atoms with Gasteiger partial charge in [0.05, 0.1) is 13.2 Å². The normalized spacial score (nSPS) is 9.79. The summed E-state index contributed by atoms with van der Waals surface area (Å²) in [6, 6.07) is 0. The van der Waals surface area contributed by atoms with Crippen molar-refractivity contribution in [2.75, 3.05) is 32.8 Å². The zero-order chi connectivity index (χ0) is 10.8. The molecule has 0 spiro atoms. The quantitative estimate of drug-likeness (QED) is 0.406. The van der Waals surface area contributed by atoms with Gasteiger partial charge in [-0.3, -0.25) is 9.59 Å². The number of likely N-dealkylation sites (N-methyl/N-ethyl adjacent to an activating group) is 1. The smallest absolute Gasteiger partial charge is 0.243 e. The topological polar surface area (TPSA) is 93.4 Å². The number of hydrogen-bond acceptors (Lipinski definition) is 4. The minimum Gasteiger partial charge on any atom is -0.370 e. The van der Waals surface area contributed by atoms with Crippen LogP contribution in [0.15, 0.2) is 0 Å². The van der Waals surface area contributed by atoms with Gasteiger partial charge >= 0.3 is 0 Å². The number of nitrogens with one attached hydrogen (secondary N) is 2. The number of carbonyl (C=O) groups excluding carboxylic acids is 2. The summed E-state index contributed by atoms with van der Waals surface area (Å²) in [6.07, 6.45) is 0. The van der Waals surface area contributed by atoms with Crippen LogP contribution in [0.25, 0.3) is 0 Å². The molecule has 0 saturated heterocycles. The highest BCUT2D eigenvalue weighted by Gasteiger charge is 1.98. The predicted molar refractivity (Wildman–Crippen MR) is 51.6 cm³/mol. The number of hydrogen-bond donors (Lipinski definition) is 3. The minimum atomic E-state index is -0.510. The highest BCUT2D eigenvalue weighted by molar-refractivity contribution is 5.78. The summed E-state index contributed by atoms with van der Waals surface area (Å²) in [6.45, 7) is 3.54. The lowest BCUT2D eigenvalue weighted by Gasteiger charge is -2.05. The number of primary amides is 1. The van der Waals surface area contributed by atoms with Crippen molar-refractivity contribution in [2.24, 2.45) is 5.73 Å². The SMILES string of the molecule is CCNCC(=O)NCCOCC(N)=O. The third kappa shape index (κ3) is 8.95. The van der Waals surface area contributed by atoms with Crippen LogP contribution in [0.1, 0.15) is 6.92 Å². The second-order valence-corrected chi connectivity index (χ2v) is 2.65. The van der Waals surface area contributed by atoms with Crippen molar-refractivity contribution in [3.8, 4) is 0 Å². The van der Waals surface area contributed by atoms with Crippen molar-refractivity contribution < 1.29 is 14.3 Å². The summed E-state index contributed by atoms with van der Waals surface area (Å²) in [7, 11) is 0. The molecule has 14 heavy (non-hydrogen) atoms. The van der Waals surface area contributed by atoms with E-state index in [1.165, 1.54) is 0 Å². The number of amides is 2. The van der Waals surface area contributed by atoms with Crippen LogP contribution in [-0.2, 0) is 14.3 Å². The lowest BCUT2D eigenvalue weighted by molar-refractivity contribution is -0.122. The summed E-state index contributed by atoms with van der Waals surface area (Å²) >= 11 is 0. The third-order valence-electron chi connectivity index (χ3n) is 1.35. The summed E-state index contributed by atoms with van der Waals surface area (Å²) in [4.78, 5) is 21.2. The molecule has 0 aromatic carbocycles. The molecule has 6 nitrogen and oxygen atoms in total. The summed E-state index contributed by atoms with van der Waals surface area (Å²) in [5, 5.41) is 5.49. The summed E-state index contributed by atoms with van der Waals surface area (Å²) in [5.74, 6) is -0.599. The Morgan fingerprint density at radius 3 is 2.71 bits per heavy atom. The van der Waals surface area contributed by atoms with Crippen LogP contribution in [0.3, 0.4) is 0 Å². The van der Waals surface area contributed by atoms with Crippen LogP contribution in [0.4, 0.5) is 0 Å². The Morgan fingerprint density at radius 2 is 2.14 bits per heavy atom. The van der Waals surface area contributed by atoms with Crippen molar-refractivity contribution in [3.63, 3.8) is 0 Å². The van der Waals surface area contributed by atoms with Crippen LogP contribution >= 0.6 is 0 Å². The van der Waals surface area contributed by atoms with Gasteiger partial charge in [-0.25, -0.2) is 0 Å². The van der Waals surface area contributed by atoms with E-state index < -0.39 is 5.91 Å². The number of ether oxygens (including phenoxy) is 1. The fourth-order valence-electron chi connectivity index (χ4n) is 0.736. The molecule has 0 aliphatic carbocycles. The average molecular weight is 203 g/mol. The summed E-state index contributed by atoms with van der Waals surface area (Å²) < 4.78 is 4.84. The molecule has 0 aromatic rings. The second-order valence-electron chi connectivity index (χ2n) is 2.65. The molecule has 0 rings (SSSR count). The molecule has 0 saturated carbocycles. The molecule has 0 unspecified atom stereocenters. The second kappa shape index (κ2) is 8.46. The highest BCUT2D eigenvalue weighted by atomic mass is 16.5. The Hall–Kier alpha value is -1.14.